The molecule has 146 valence electrons. The molecule has 3 rings (SSSR count). The smallest absolute Gasteiger partial charge is 0.253 e. The maximum absolute atomic E-state index is 12.9. The number of benzene rings is 1. The molecule has 0 atom stereocenters. The molecule has 0 unspecified atom stereocenters. The molecular weight excluding hydrogens is 342 g/mol. The Bertz CT molecular complexity index is 760. The largest absolute Gasteiger partial charge is 0.339 e. The number of nitrogens with zero attached hydrogens (tertiary/aromatic N) is 2. The van der Waals surface area contributed by atoms with E-state index in [1.807, 2.05) is 44.7 Å². The van der Waals surface area contributed by atoms with Crippen LogP contribution in [0.25, 0.3) is 0 Å². The highest BCUT2D eigenvalue weighted by Gasteiger charge is 2.39. The molecule has 2 heterocycles. The monoisotopic (exact) mass is 371 g/mol. The summed E-state index contributed by atoms with van der Waals surface area (Å²) in [4.78, 5) is 41.2. The molecule has 1 fully saturated rings. The van der Waals surface area contributed by atoms with E-state index in [1.165, 1.54) is 0 Å². The van der Waals surface area contributed by atoms with Crippen LogP contribution in [-0.2, 0) is 15.0 Å². The summed E-state index contributed by atoms with van der Waals surface area (Å²) in [5.41, 5.74) is 1.60. The summed E-state index contributed by atoms with van der Waals surface area (Å²) >= 11 is 0. The third-order valence-electron chi connectivity index (χ3n) is 5.97. The summed E-state index contributed by atoms with van der Waals surface area (Å²) in [6.07, 6.45) is 1.71. The molecule has 0 aromatic heterocycles. The molecule has 3 amide bonds. The number of rotatable bonds is 4. The number of piperazine rings is 1. The maximum atomic E-state index is 12.9. The van der Waals surface area contributed by atoms with Crippen LogP contribution in [0, 0.1) is 5.92 Å². The Morgan fingerprint density at radius 1 is 1.07 bits per heavy atom. The SMILES string of the molecule is CCC(CC)C(=O)N1CCN(C(=O)c2ccc3c(c2)C(C)(C)C(=O)N3)CC1. The first-order valence-corrected chi connectivity index (χ1v) is 9.83. The van der Waals surface area contributed by atoms with Gasteiger partial charge in [0.05, 0.1) is 5.41 Å². The third kappa shape index (κ3) is 3.45. The van der Waals surface area contributed by atoms with E-state index in [1.54, 1.807) is 11.0 Å². The summed E-state index contributed by atoms with van der Waals surface area (Å²) in [7, 11) is 0. The molecule has 1 saturated heterocycles. The summed E-state index contributed by atoms with van der Waals surface area (Å²) in [5.74, 6) is 0.199. The maximum Gasteiger partial charge on any atom is 0.253 e. The van der Waals surface area contributed by atoms with Crippen molar-refractivity contribution in [3.05, 3.63) is 29.3 Å². The number of carbonyl (C=O) groups is 3. The van der Waals surface area contributed by atoms with E-state index in [0.29, 0.717) is 31.7 Å². The third-order valence-corrected chi connectivity index (χ3v) is 5.97. The zero-order valence-electron chi connectivity index (χ0n) is 16.7. The van der Waals surface area contributed by atoms with Crippen molar-refractivity contribution in [2.24, 2.45) is 5.92 Å². The lowest BCUT2D eigenvalue weighted by molar-refractivity contribution is -0.137. The average Bonchev–Trinajstić information content (AvgIpc) is 2.90. The van der Waals surface area contributed by atoms with Crippen molar-refractivity contribution < 1.29 is 14.4 Å². The molecule has 0 saturated carbocycles. The van der Waals surface area contributed by atoms with Gasteiger partial charge in [0.25, 0.3) is 5.91 Å². The second kappa shape index (κ2) is 7.33. The lowest BCUT2D eigenvalue weighted by Gasteiger charge is -2.36. The Hall–Kier alpha value is -2.37. The number of nitrogens with one attached hydrogen (secondary N) is 1. The summed E-state index contributed by atoms with van der Waals surface area (Å²) in [6.45, 7) is 10.1. The van der Waals surface area contributed by atoms with Crippen LogP contribution in [0.15, 0.2) is 18.2 Å². The molecule has 6 nitrogen and oxygen atoms in total. The molecule has 0 spiro atoms. The molecule has 0 aliphatic carbocycles. The molecule has 1 aromatic rings. The molecule has 27 heavy (non-hydrogen) atoms. The molecule has 6 heteroatoms. The predicted molar refractivity (Wildman–Crippen MR) is 105 cm³/mol. The fourth-order valence-electron chi connectivity index (χ4n) is 3.91. The van der Waals surface area contributed by atoms with E-state index in [-0.39, 0.29) is 23.6 Å². The summed E-state index contributed by atoms with van der Waals surface area (Å²) < 4.78 is 0. The first-order chi connectivity index (χ1) is 12.8. The van der Waals surface area contributed by atoms with Gasteiger partial charge in [-0.25, -0.2) is 0 Å². The summed E-state index contributed by atoms with van der Waals surface area (Å²) in [6, 6.07) is 5.41. The molecule has 1 N–H and O–H groups in total. The normalized spacial score (nSPS) is 18.5. The van der Waals surface area contributed by atoms with Crippen molar-refractivity contribution in [1.29, 1.82) is 0 Å². The van der Waals surface area contributed by atoms with Crippen LogP contribution < -0.4 is 5.32 Å². The minimum Gasteiger partial charge on any atom is -0.339 e. The zero-order valence-corrected chi connectivity index (χ0v) is 16.7. The molecule has 2 aliphatic heterocycles. The highest BCUT2D eigenvalue weighted by Crippen LogP contribution is 2.37. The number of carbonyl (C=O) groups excluding carboxylic acids is 3. The first kappa shape index (κ1) is 19.4. The Balaban J connectivity index is 1.68. The van der Waals surface area contributed by atoms with Crippen LogP contribution in [0.4, 0.5) is 5.69 Å². The lowest BCUT2D eigenvalue weighted by Crippen LogP contribution is -2.51. The van der Waals surface area contributed by atoms with Crippen molar-refractivity contribution in [1.82, 2.24) is 9.80 Å². The Labute approximate surface area is 160 Å². The standard InChI is InChI=1S/C21H29N3O3/c1-5-14(6-2)18(25)23-9-11-24(12-10-23)19(26)15-7-8-17-16(13-15)21(3,4)20(27)22-17/h7-8,13-14H,5-6,9-12H2,1-4H3,(H,22,27). The van der Waals surface area contributed by atoms with E-state index in [4.69, 9.17) is 0 Å². The molecule has 0 radical (unpaired) electrons. The van der Waals surface area contributed by atoms with Crippen LogP contribution in [0.3, 0.4) is 0 Å². The quantitative estimate of drug-likeness (QED) is 0.885. The van der Waals surface area contributed by atoms with Gasteiger partial charge in [-0.3, -0.25) is 14.4 Å². The fraction of sp³-hybridized carbons (Fsp3) is 0.571. The minimum atomic E-state index is -0.633. The van der Waals surface area contributed by atoms with Gasteiger partial charge in [0.15, 0.2) is 0 Å². The van der Waals surface area contributed by atoms with E-state index in [9.17, 15) is 14.4 Å². The Kier molecular flexibility index (Phi) is 5.27. The number of hydrogen-bond acceptors (Lipinski definition) is 3. The van der Waals surface area contributed by atoms with Gasteiger partial charge in [0.2, 0.25) is 11.8 Å². The van der Waals surface area contributed by atoms with Gasteiger partial charge in [-0.2, -0.15) is 0 Å². The fourth-order valence-corrected chi connectivity index (χ4v) is 3.91. The van der Waals surface area contributed by atoms with Crippen molar-refractivity contribution in [3.8, 4) is 0 Å². The van der Waals surface area contributed by atoms with Gasteiger partial charge in [-0.1, -0.05) is 13.8 Å². The lowest BCUT2D eigenvalue weighted by atomic mass is 9.85. The van der Waals surface area contributed by atoms with Gasteiger partial charge >= 0.3 is 0 Å². The van der Waals surface area contributed by atoms with E-state index in [2.05, 4.69) is 5.32 Å². The van der Waals surface area contributed by atoms with Gasteiger partial charge in [-0.05, 0) is 50.5 Å². The number of hydrogen-bond donors (Lipinski definition) is 1. The second-order valence-electron chi connectivity index (χ2n) is 7.97. The average molecular weight is 371 g/mol. The zero-order chi connectivity index (χ0) is 19.8. The summed E-state index contributed by atoms with van der Waals surface area (Å²) in [5, 5.41) is 2.87. The molecular formula is C21H29N3O3. The van der Waals surface area contributed by atoms with Gasteiger partial charge in [0.1, 0.15) is 0 Å². The van der Waals surface area contributed by atoms with Gasteiger partial charge in [0, 0.05) is 43.3 Å². The highest BCUT2D eigenvalue weighted by molar-refractivity contribution is 6.07. The van der Waals surface area contributed by atoms with Crippen molar-refractivity contribution in [2.45, 2.75) is 46.0 Å². The van der Waals surface area contributed by atoms with E-state index in [0.717, 1.165) is 24.1 Å². The number of amides is 3. The van der Waals surface area contributed by atoms with Crippen molar-refractivity contribution in [2.75, 3.05) is 31.5 Å². The van der Waals surface area contributed by atoms with Crippen LogP contribution in [0.2, 0.25) is 0 Å². The van der Waals surface area contributed by atoms with Crippen LogP contribution in [0.1, 0.15) is 56.5 Å². The van der Waals surface area contributed by atoms with Crippen molar-refractivity contribution in [3.63, 3.8) is 0 Å². The van der Waals surface area contributed by atoms with Crippen molar-refractivity contribution >= 4 is 23.4 Å². The Morgan fingerprint density at radius 2 is 1.67 bits per heavy atom. The first-order valence-electron chi connectivity index (χ1n) is 9.83. The number of fused-ring (bicyclic) bond motifs is 1. The van der Waals surface area contributed by atoms with Gasteiger partial charge in [-0.15, -0.1) is 0 Å². The molecule has 1 aromatic carbocycles. The van der Waals surface area contributed by atoms with Crippen LogP contribution in [-0.4, -0.2) is 53.7 Å². The molecule has 2 aliphatic rings. The minimum absolute atomic E-state index is 0.0393. The molecule has 0 bridgehead atoms. The second-order valence-corrected chi connectivity index (χ2v) is 7.97. The highest BCUT2D eigenvalue weighted by atomic mass is 16.2. The van der Waals surface area contributed by atoms with E-state index < -0.39 is 5.41 Å². The van der Waals surface area contributed by atoms with Crippen LogP contribution in [0.5, 0.6) is 0 Å². The predicted octanol–water partition coefficient (Wildman–Crippen LogP) is 2.64. The van der Waals surface area contributed by atoms with Gasteiger partial charge < -0.3 is 15.1 Å². The topological polar surface area (TPSA) is 69.7 Å². The Morgan fingerprint density at radius 3 is 2.26 bits per heavy atom. The van der Waals surface area contributed by atoms with E-state index >= 15 is 0 Å². The number of anilines is 1. The van der Waals surface area contributed by atoms with Crippen LogP contribution >= 0.6 is 0 Å².